The number of carbonyl (C=O) groups is 1. The zero-order valence-electron chi connectivity index (χ0n) is 34.6. The van der Waals surface area contributed by atoms with Crippen molar-refractivity contribution in [3.8, 4) is 0 Å². The molecule has 52 heavy (non-hydrogen) atoms. The van der Waals surface area contributed by atoms with Crippen LogP contribution in [0, 0.1) is 0 Å². The maximum absolute atomic E-state index is 12.3. The molecule has 4 nitrogen and oxygen atoms in total. The van der Waals surface area contributed by atoms with Crippen molar-refractivity contribution in [1.29, 1.82) is 0 Å². The summed E-state index contributed by atoms with van der Waals surface area (Å²) in [6.45, 7) is 4.06. The third-order valence-electron chi connectivity index (χ3n) is 10.0. The molecule has 302 valence electrons. The van der Waals surface area contributed by atoms with Crippen molar-refractivity contribution in [3.63, 3.8) is 0 Å². The van der Waals surface area contributed by atoms with E-state index in [9.17, 15) is 15.0 Å². The smallest absolute Gasteiger partial charge is 0.220 e. The Morgan fingerprint density at radius 3 is 1.33 bits per heavy atom. The van der Waals surface area contributed by atoms with Crippen LogP contribution in [-0.2, 0) is 4.79 Å². The van der Waals surface area contributed by atoms with E-state index in [4.69, 9.17) is 0 Å². The number of hydrogen-bond acceptors (Lipinski definition) is 3. The number of hydrogen-bond donors (Lipinski definition) is 3. The van der Waals surface area contributed by atoms with Gasteiger partial charge in [-0.1, -0.05) is 203 Å². The second-order valence-corrected chi connectivity index (χ2v) is 15.1. The van der Waals surface area contributed by atoms with Crippen molar-refractivity contribution in [2.24, 2.45) is 0 Å². The molecule has 0 aromatic carbocycles. The zero-order valence-corrected chi connectivity index (χ0v) is 34.6. The van der Waals surface area contributed by atoms with Gasteiger partial charge >= 0.3 is 0 Å². The van der Waals surface area contributed by atoms with Crippen LogP contribution in [-0.4, -0.2) is 34.9 Å². The lowest BCUT2D eigenvalue weighted by Gasteiger charge is -2.19. The molecule has 0 aliphatic rings. The standard InChI is InChI=1S/C48H87NO3/c1-3-5-7-9-11-13-14-15-16-17-18-19-20-21-22-23-24-25-26-27-28-29-30-31-32-33-34-36-38-40-42-44-48(52)49-46(45-50)47(51)43-41-39-37-35-12-10-8-6-4-2/h4,6,12,18-19,21-22,35,41,43,46-47,50-51H,3,5,7-11,13-17,20,23-34,36-40,42,44-45H2,1-2H3,(H,49,52)/b6-4+,19-18-,22-21-,35-12+,43-41+. The van der Waals surface area contributed by atoms with Gasteiger partial charge in [0.05, 0.1) is 18.8 Å². The minimum atomic E-state index is -0.868. The van der Waals surface area contributed by atoms with Gasteiger partial charge in [-0.05, 0) is 71.1 Å². The number of unbranched alkanes of at least 4 members (excludes halogenated alkanes) is 26. The van der Waals surface area contributed by atoms with E-state index in [0.29, 0.717) is 6.42 Å². The van der Waals surface area contributed by atoms with Gasteiger partial charge in [-0.25, -0.2) is 0 Å². The third kappa shape index (κ3) is 39.3. The molecule has 0 saturated heterocycles. The van der Waals surface area contributed by atoms with Crippen LogP contribution in [0.15, 0.2) is 60.8 Å². The first-order valence-corrected chi connectivity index (χ1v) is 22.5. The van der Waals surface area contributed by atoms with Crippen molar-refractivity contribution in [2.75, 3.05) is 6.61 Å². The van der Waals surface area contributed by atoms with Crippen molar-refractivity contribution in [2.45, 2.75) is 231 Å². The zero-order chi connectivity index (χ0) is 37.8. The Morgan fingerprint density at radius 1 is 0.500 bits per heavy atom. The highest BCUT2D eigenvalue weighted by molar-refractivity contribution is 5.76. The molecular formula is C48H87NO3. The van der Waals surface area contributed by atoms with E-state index in [1.165, 1.54) is 154 Å². The lowest BCUT2D eigenvalue weighted by Crippen LogP contribution is -2.45. The topological polar surface area (TPSA) is 69.6 Å². The number of nitrogens with one attached hydrogen (secondary N) is 1. The van der Waals surface area contributed by atoms with Crippen LogP contribution < -0.4 is 5.32 Å². The van der Waals surface area contributed by atoms with E-state index in [2.05, 4.69) is 60.8 Å². The van der Waals surface area contributed by atoms with Crippen LogP contribution in [0.2, 0.25) is 0 Å². The van der Waals surface area contributed by atoms with Crippen LogP contribution in [0.5, 0.6) is 0 Å². The molecule has 0 fully saturated rings. The van der Waals surface area contributed by atoms with Crippen molar-refractivity contribution in [1.82, 2.24) is 5.32 Å². The van der Waals surface area contributed by atoms with Gasteiger partial charge < -0.3 is 15.5 Å². The van der Waals surface area contributed by atoms with Crippen LogP contribution >= 0.6 is 0 Å². The quantitative estimate of drug-likeness (QED) is 0.0435. The predicted octanol–water partition coefficient (Wildman–Crippen LogP) is 14.1. The van der Waals surface area contributed by atoms with Crippen LogP contribution in [0.1, 0.15) is 219 Å². The fraction of sp³-hybridized carbons (Fsp3) is 0.771. The minimum absolute atomic E-state index is 0.0824. The molecule has 0 spiro atoms. The lowest BCUT2D eigenvalue weighted by molar-refractivity contribution is -0.123. The molecule has 0 radical (unpaired) electrons. The largest absolute Gasteiger partial charge is 0.394 e. The molecule has 0 aliphatic carbocycles. The summed E-state index contributed by atoms with van der Waals surface area (Å²) in [6, 6.07) is -0.644. The first-order valence-electron chi connectivity index (χ1n) is 22.5. The van der Waals surface area contributed by atoms with E-state index in [-0.39, 0.29) is 12.5 Å². The third-order valence-corrected chi connectivity index (χ3v) is 10.0. The number of amides is 1. The summed E-state index contributed by atoms with van der Waals surface area (Å²) >= 11 is 0. The van der Waals surface area contributed by atoms with E-state index in [1.807, 2.05) is 13.0 Å². The van der Waals surface area contributed by atoms with Gasteiger partial charge in [0.1, 0.15) is 0 Å². The Bertz CT molecular complexity index is 873. The molecule has 2 unspecified atom stereocenters. The molecule has 0 bridgehead atoms. The maximum atomic E-state index is 12.3. The number of rotatable bonds is 40. The monoisotopic (exact) mass is 726 g/mol. The van der Waals surface area contributed by atoms with E-state index < -0.39 is 12.1 Å². The second kappa shape index (κ2) is 43.5. The first kappa shape index (κ1) is 50.1. The lowest BCUT2D eigenvalue weighted by atomic mass is 10.0. The van der Waals surface area contributed by atoms with Crippen LogP contribution in [0.25, 0.3) is 0 Å². The van der Waals surface area contributed by atoms with Crippen molar-refractivity contribution >= 4 is 5.91 Å². The van der Waals surface area contributed by atoms with Gasteiger partial charge in [-0.15, -0.1) is 0 Å². The number of aliphatic hydroxyl groups is 2. The fourth-order valence-electron chi connectivity index (χ4n) is 6.60. The molecule has 0 aliphatic heterocycles. The molecular weight excluding hydrogens is 639 g/mol. The summed E-state index contributed by atoms with van der Waals surface area (Å²) in [4.78, 5) is 12.3. The first-order chi connectivity index (χ1) is 25.7. The molecule has 1 amide bonds. The summed E-state index contributed by atoms with van der Waals surface area (Å²) in [5, 5.41) is 22.8. The van der Waals surface area contributed by atoms with Crippen LogP contribution in [0.4, 0.5) is 0 Å². The summed E-state index contributed by atoms with van der Waals surface area (Å²) in [5.41, 5.74) is 0. The molecule has 3 N–H and O–H groups in total. The van der Waals surface area contributed by atoms with Crippen LogP contribution in [0.3, 0.4) is 0 Å². The van der Waals surface area contributed by atoms with Gasteiger partial charge in [0.2, 0.25) is 5.91 Å². The SMILES string of the molecule is C/C=C/CC/C=C/CC/C=C/C(O)C(CO)NC(=O)CCCCCCCCCCCCCCCCC/C=C\C/C=C\CCCCCCCCCCC. The average Bonchev–Trinajstić information content (AvgIpc) is 3.15. The number of allylic oxidation sites excluding steroid dienone is 9. The normalized spacial score (nSPS) is 13.5. The van der Waals surface area contributed by atoms with Gasteiger partial charge in [0.25, 0.3) is 0 Å². The van der Waals surface area contributed by atoms with Crippen molar-refractivity contribution in [3.05, 3.63) is 60.8 Å². The van der Waals surface area contributed by atoms with Gasteiger partial charge in [0.15, 0.2) is 0 Å². The summed E-state index contributed by atoms with van der Waals surface area (Å²) in [5.74, 6) is -0.0824. The molecule has 0 aromatic rings. The Labute approximate surface area is 324 Å². The van der Waals surface area contributed by atoms with Gasteiger partial charge in [-0.3, -0.25) is 4.79 Å². The van der Waals surface area contributed by atoms with E-state index >= 15 is 0 Å². The average molecular weight is 726 g/mol. The Balaban J connectivity index is 3.46. The molecule has 2 atom stereocenters. The maximum Gasteiger partial charge on any atom is 0.220 e. The Kier molecular flexibility index (Phi) is 41.9. The fourth-order valence-corrected chi connectivity index (χ4v) is 6.60. The Morgan fingerprint density at radius 2 is 0.885 bits per heavy atom. The molecule has 0 heterocycles. The van der Waals surface area contributed by atoms with Gasteiger partial charge in [-0.2, -0.15) is 0 Å². The molecule has 0 aromatic heterocycles. The highest BCUT2D eigenvalue weighted by atomic mass is 16.3. The predicted molar refractivity (Wildman–Crippen MR) is 230 cm³/mol. The highest BCUT2D eigenvalue weighted by Crippen LogP contribution is 2.15. The molecule has 4 heteroatoms. The summed E-state index contributed by atoms with van der Waals surface area (Å²) in [7, 11) is 0. The summed E-state index contributed by atoms with van der Waals surface area (Å²) < 4.78 is 0. The summed E-state index contributed by atoms with van der Waals surface area (Å²) in [6.07, 6.45) is 60.9. The highest BCUT2D eigenvalue weighted by Gasteiger charge is 2.17. The van der Waals surface area contributed by atoms with E-state index in [1.54, 1.807) is 6.08 Å². The minimum Gasteiger partial charge on any atom is -0.394 e. The second-order valence-electron chi connectivity index (χ2n) is 15.1. The number of carbonyl (C=O) groups excluding carboxylic acids is 1. The van der Waals surface area contributed by atoms with Crippen molar-refractivity contribution < 1.29 is 15.0 Å². The molecule has 0 saturated carbocycles. The Hall–Kier alpha value is -1.91. The van der Waals surface area contributed by atoms with E-state index in [0.717, 1.165) is 44.9 Å². The van der Waals surface area contributed by atoms with Gasteiger partial charge in [0, 0.05) is 6.42 Å². The molecule has 0 rings (SSSR count). The number of aliphatic hydroxyl groups excluding tert-OH is 2.